The molecule has 0 aliphatic carbocycles. The van der Waals surface area contributed by atoms with Gasteiger partial charge in [-0.3, -0.25) is 5.32 Å². The Morgan fingerprint density at radius 2 is 2.29 bits per heavy atom. The molecule has 1 atom stereocenters. The zero-order valence-electron chi connectivity index (χ0n) is 14.1. The van der Waals surface area contributed by atoms with Crippen molar-refractivity contribution in [2.45, 2.75) is 26.7 Å². The van der Waals surface area contributed by atoms with Crippen LogP contribution in [0.15, 0.2) is 24.3 Å². The molecule has 2 heterocycles. The van der Waals surface area contributed by atoms with Gasteiger partial charge < -0.3 is 10.0 Å². The van der Waals surface area contributed by atoms with Gasteiger partial charge in [-0.15, -0.1) is 11.3 Å². The van der Waals surface area contributed by atoms with E-state index in [0.29, 0.717) is 18.2 Å². The van der Waals surface area contributed by atoms with Crippen LogP contribution in [0.3, 0.4) is 0 Å². The molecule has 5 nitrogen and oxygen atoms in total. The highest BCUT2D eigenvalue weighted by Crippen LogP contribution is 2.26. The molecule has 2 N–H and O–H groups in total. The molecule has 24 heavy (non-hydrogen) atoms. The van der Waals surface area contributed by atoms with Crippen LogP contribution in [0.5, 0.6) is 0 Å². The maximum Gasteiger partial charge on any atom is 0.323 e. The number of aliphatic hydroxyl groups is 1. The molecule has 0 bridgehead atoms. The van der Waals surface area contributed by atoms with Crippen LogP contribution < -0.4 is 5.32 Å². The minimum absolute atomic E-state index is 0.123. The lowest BCUT2D eigenvalue weighted by Crippen LogP contribution is -2.33. The summed E-state index contributed by atoms with van der Waals surface area (Å²) < 4.78 is 0. The number of hydrogen-bond donors (Lipinski definition) is 2. The van der Waals surface area contributed by atoms with E-state index in [0.717, 1.165) is 18.5 Å². The van der Waals surface area contributed by atoms with Crippen LogP contribution in [0.1, 0.15) is 28.1 Å². The Bertz CT molecular complexity index is 729. The Kier molecular flexibility index (Phi) is 5.16. The van der Waals surface area contributed by atoms with Crippen LogP contribution in [-0.4, -0.2) is 40.7 Å². The molecule has 1 aliphatic heterocycles. The van der Waals surface area contributed by atoms with E-state index in [9.17, 15) is 9.90 Å². The Balaban J connectivity index is 1.64. The maximum absolute atomic E-state index is 12.3. The molecule has 1 aromatic carbocycles. The predicted molar refractivity (Wildman–Crippen MR) is 96.6 cm³/mol. The Morgan fingerprint density at radius 1 is 1.46 bits per heavy atom. The topological polar surface area (TPSA) is 65.5 Å². The third kappa shape index (κ3) is 3.94. The summed E-state index contributed by atoms with van der Waals surface area (Å²) in [6.07, 6.45) is 1.69. The number of nitrogens with zero attached hydrogens (tertiary/aromatic N) is 2. The highest BCUT2D eigenvalue weighted by molar-refractivity contribution is 7.15. The standard InChI is InChI=1S/C18H23N3O2S/c1-12-4-3-5-14(8-12)9-16-13(2)19-17(24-16)20-18(23)21-7-6-15(10-21)11-22/h3-5,8,15,22H,6-7,9-11H2,1-2H3,(H,19,20,23)/t15-/m0/s1. The van der Waals surface area contributed by atoms with Gasteiger partial charge in [0.05, 0.1) is 5.69 Å². The van der Waals surface area contributed by atoms with Crippen molar-refractivity contribution in [3.05, 3.63) is 46.0 Å². The minimum Gasteiger partial charge on any atom is -0.396 e. The number of hydrogen-bond acceptors (Lipinski definition) is 4. The number of carbonyl (C=O) groups is 1. The molecular formula is C18H23N3O2S. The van der Waals surface area contributed by atoms with E-state index in [4.69, 9.17) is 0 Å². The van der Waals surface area contributed by atoms with Crippen LogP contribution in [-0.2, 0) is 6.42 Å². The Labute approximate surface area is 146 Å². The first-order valence-electron chi connectivity index (χ1n) is 8.24. The number of anilines is 1. The average Bonchev–Trinajstić information content (AvgIpc) is 3.15. The molecule has 128 valence electrons. The number of thiazole rings is 1. The van der Waals surface area contributed by atoms with Gasteiger partial charge in [-0.2, -0.15) is 0 Å². The molecule has 3 rings (SSSR count). The van der Waals surface area contributed by atoms with Crippen LogP contribution in [0.4, 0.5) is 9.93 Å². The molecule has 2 amide bonds. The van der Waals surface area contributed by atoms with Gasteiger partial charge >= 0.3 is 6.03 Å². The van der Waals surface area contributed by atoms with E-state index in [-0.39, 0.29) is 18.6 Å². The fourth-order valence-electron chi connectivity index (χ4n) is 2.99. The van der Waals surface area contributed by atoms with Gasteiger partial charge in [0.1, 0.15) is 0 Å². The number of aromatic nitrogens is 1. The van der Waals surface area contributed by atoms with Gasteiger partial charge in [0.2, 0.25) is 0 Å². The average molecular weight is 345 g/mol. The molecule has 1 saturated heterocycles. The van der Waals surface area contributed by atoms with E-state index in [1.54, 1.807) is 4.90 Å². The van der Waals surface area contributed by atoms with Crippen molar-refractivity contribution >= 4 is 22.5 Å². The SMILES string of the molecule is Cc1cccc(Cc2sc(NC(=O)N3CC[C@H](CO)C3)nc2C)c1. The summed E-state index contributed by atoms with van der Waals surface area (Å²) in [6, 6.07) is 8.32. The summed E-state index contributed by atoms with van der Waals surface area (Å²) >= 11 is 1.53. The molecule has 0 spiro atoms. The number of rotatable bonds is 4. The van der Waals surface area contributed by atoms with Crippen molar-refractivity contribution in [2.75, 3.05) is 25.0 Å². The summed E-state index contributed by atoms with van der Waals surface area (Å²) in [5.74, 6) is 0.200. The summed E-state index contributed by atoms with van der Waals surface area (Å²) in [4.78, 5) is 19.7. The van der Waals surface area contributed by atoms with Crippen molar-refractivity contribution < 1.29 is 9.90 Å². The number of aryl methyl sites for hydroxylation is 2. The molecule has 1 fully saturated rings. The van der Waals surface area contributed by atoms with Crippen LogP contribution in [0.25, 0.3) is 0 Å². The molecule has 1 aliphatic rings. The van der Waals surface area contributed by atoms with E-state index >= 15 is 0 Å². The first-order chi connectivity index (χ1) is 11.5. The van der Waals surface area contributed by atoms with Gasteiger partial charge in [0, 0.05) is 36.9 Å². The lowest BCUT2D eigenvalue weighted by atomic mass is 10.1. The van der Waals surface area contributed by atoms with E-state index in [1.165, 1.54) is 27.3 Å². The Morgan fingerprint density at radius 3 is 3.00 bits per heavy atom. The third-order valence-electron chi connectivity index (χ3n) is 4.38. The van der Waals surface area contributed by atoms with Crippen molar-refractivity contribution in [1.82, 2.24) is 9.88 Å². The van der Waals surface area contributed by atoms with Crippen LogP contribution >= 0.6 is 11.3 Å². The van der Waals surface area contributed by atoms with Gasteiger partial charge in [-0.1, -0.05) is 29.8 Å². The van der Waals surface area contributed by atoms with Crippen LogP contribution in [0.2, 0.25) is 0 Å². The highest BCUT2D eigenvalue weighted by atomic mass is 32.1. The first kappa shape index (κ1) is 16.9. The van der Waals surface area contributed by atoms with Gasteiger partial charge in [0.25, 0.3) is 0 Å². The lowest BCUT2D eigenvalue weighted by molar-refractivity contribution is 0.209. The fourth-order valence-corrected chi connectivity index (χ4v) is 3.98. The monoisotopic (exact) mass is 345 g/mol. The van der Waals surface area contributed by atoms with E-state index in [2.05, 4.69) is 41.5 Å². The molecule has 0 saturated carbocycles. The zero-order valence-corrected chi connectivity index (χ0v) is 14.9. The van der Waals surface area contributed by atoms with E-state index in [1.807, 2.05) is 6.92 Å². The molecule has 2 aromatic rings. The Hall–Kier alpha value is -1.92. The number of carbonyl (C=O) groups excluding carboxylic acids is 1. The molecular weight excluding hydrogens is 322 g/mol. The number of nitrogens with one attached hydrogen (secondary N) is 1. The molecule has 1 aromatic heterocycles. The number of benzene rings is 1. The van der Waals surface area contributed by atoms with Crippen molar-refractivity contribution in [3.63, 3.8) is 0 Å². The van der Waals surface area contributed by atoms with Crippen molar-refractivity contribution in [3.8, 4) is 0 Å². The summed E-state index contributed by atoms with van der Waals surface area (Å²) in [6.45, 7) is 5.51. The number of likely N-dealkylation sites (tertiary alicyclic amines) is 1. The second kappa shape index (κ2) is 7.32. The van der Waals surface area contributed by atoms with Crippen molar-refractivity contribution in [2.24, 2.45) is 5.92 Å². The molecule has 0 unspecified atom stereocenters. The summed E-state index contributed by atoms with van der Waals surface area (Å²) in [5, 5.41) is 12.7. The number of urea groups is 1. The smallest absolute Gasteiger partial charge is 0.323 e. The van der Waals surface area contributed by atoms with Crippen LogP contribution in [0, 0.1) is 19.8 Å². The highest BCUT2D eigenvalue weighted by Gasteiger charge is 2.26. The van der Waals surface area contributed by atoms with Gasteiger partial charge in [0.15, 0.2) is 5.13 Å². The van der Waals surface area contributed by atoms with Gasteiger partial charge in [-0.05, 0) is 25.8 Å². The largest absolute Gasteiger partial charge is 0.396 e. The molecule has 0 radical (unpaired) electrons. The third-order valence-corrected chi connectivity index (χ3v) is 5.46. The van der Waals surface area contributed by atoms with Gasteiger partial charge in [-0.25, -0.2) is 9.78 Å². The van der Waals surface area contributed by atoms with Crippen molar-refractivity contribution in [1.29, 1.82) is 0 Å². The number of amides is 2. The quantitative estimate of drug-likeness (QED) is 0.894. The minimum atomic E-state index is -0.123. The second-order valence-electron chi connectivity index (χ2n) is 6.41. The second-order valence-corrected chi connectivity index (χ2v) is 7.49. The van der Waals surface area contributed by atoms with E-state index < -0.39 is 0 Å². The summed E-state index contributed by atoms with van der Waals surface area (Å²) in [5.41, 5.74) is 3.46. The normalized spacial score (nSPS) is 17.3. The zero-order chi connectivity index (χ0) is 17.1. The molecule has 6 heteroatoms. The fraction of sp³-hybridized carbons (Fsp3) is 0.444. The first-order valence-corrected chi connectivity index (χ1v) is 9.05. The lowest BCUT2D eigenvalue weighted by Gasteiger charge is -2.15. The number of aliphatic hydroxyl groups excluding tert-OH is 1. The predicted octanol–water partition coefficient (Wildman–Crippen LogP) is 3.20. The maximum atomic E-state index is 12.3. The summed E-state index contributed by atoms with van der Waals surface area (Å²) in [7, 11) is 0.